The Balaban J connectivity index is 1.60. The number of hydrogen-bond donors (Lipinski definition) is 2. The first-order valence-corrected chi connectivity index (χ1v) is 7.04. The number of nitrogens with zero attached hydrogens (tertiary/aromatic N) is 3. The van der Waals surface area contributed by atoms with Crippen LogP contribution in [0.1, 0.15) is 23.3 Å². The van der Waals surface area contributed by atoms with Crippen molar-refractivity contribution in [1.29, 1.82) is 0 Å². The normalized spacial score (nSPS) is 17.2. The van der Waals surface area contributed by atoms with E-state index in [1.807, 2.05) is 29.0 Å². The number of aliphatic hydroxyl groups excluding tert-OH is 2. The van der Waals surface area contributed by atoms with E-state index < -0.39 is 6.10 Å². The molecular weight excluding hydrogens is 270 g/mol. The number of fused-ring (bicyclic) bond motifs is 1. The van der Waals surface area contributed by atoms with Crippen LogP contribution >= 0.6 is 0 Å². The van der Waals surface area contributed by atoms with Crippen LogP contribution in [0.15, 0.2) is 35.0 Å². The maximum absolute atomic E-state index is 9.63. The number of aromatic nitrogens is 2. The van der Waals surface area contributed by atoms with Crippen molar-refractivity contribution in [2.24, 2.45) is 0 Å². The van der Waals surface area contributed by atoms with Crippen molar-refractivity contribution in [3.63, 3.8) is 0 Å². The van der Waals surface area contributed by atoms with Gasteiger partial charge in [-0.25, -0.2) is 0 Å². The van der Waals surface area contributed by atoms with Crippen LogP contribution in [0.5, 0.6) is 0 Å². The van der Waals surface area contributed by atoms with Gasteiger partial charge in [-0.05, 0) is 24.3 Å². The van der Waals surface area contributed by atoms with Crippen LogP contribution in [0.2, 0.25) is 0 Å². The van der Waals surface area contributed by atoms with E-state index in [0.29, 0.717) is 5.69 Å². The second-order valence-corrected chi connectivity index (χ2v) is 5.13. The van der Waals surface area contributed by atoms with Crippen molar-refractivity contribution in [3.8, 4) is 0 Å². The highest BCUT2D eigenvalue weighted by Crippen LogP contribution is 2.18. The molecule has 0 fully saturated rings. The number of furan rings is 1. The minimum atomic E-state index is -0.893. The van der Waals surface area contributed by atoms with Crippen LogP contribution in [0.4, 0.5) is 0 Å². The van der Waals surface area contributed by atoms with Gasteiger partial charge in [-0.1, -0.05) is 6.08 Å². The number of rotatable bonds is 5. The summed E-state index contributed by atoms with van der Waals surface area (Å²) < 4.78 is 7.15. The first kappa shape index (κ1) is 14.1. The lowest BCUT2D eigenvalue weighted by molar-refractivity contribution is 0.0915. The second kappa shape index (κ2) is 6.26. The first-order valence-electron chi connectivity index (χ1n) is 7.04. The molecule has 3 heterocycles. The molecule has 6 heteroatoms. The third kappa shape index (κ3) is 3.24. The molecule has 0 aromatic carbocycles. The van der Waals surface area contributed by atoms with Gasteiger partial charge in [0.2, 0.25) is 0 Å². The van der Waals surface area contributed by atoms with E-state index >= 15 is 0 Å². The lowest BCUT2D eigenvalue weighted by Gasteiger charge is -2.26. The highest BCUT2D eigenvalue weighted by Gasteiger charge is 2.20. The molecular formula is C15H19N3O3. The lowest BCUT2D eigenvalue weighted by Crippen LogP contribution is -2.33. The molecule has 0 amide bonds. The minimum Gasteiger partial charge on any atom is -0.465 e. The van der Waals surface area contributed by atoms with Gasteiger partial charge in [0.15, 0.2) is 0 Å². The van der Waals surface area contributed by atoms with Gasteiger partial charge in [-0.3, -0.25) is 9.58 Å². The van der Waals surface area contributed by atoms with Gasteiger partial charge < -0.3 is 14.6 Å². The highest BCUT2D eigenvalue weighted by molar-refractivity contribution is 5.42. The van der Waals surface area contributed by atoms with Crippen molar-refractivity contribution in [1.82, 2.24) is 14.7 Å². The predicted octanol–water partition coefficient (Wildman–Crippen LogP) is 1.03. The van der Waals surface area contributed by atoms with E-state index in [9.17, 15) is 5.11 Å². The number of aliphatic hydroxyl groups is 2. The Bertz CT molecular complexity index is 604. The minimum absolute atomic E-state index is 0.300. The van der Waals surface area contributed by atoms with Gasteiger partial charge in [0.05, 0.1) is 30.8 Å². The quantitative estimate of drug-likeness (QED) is 0.860. The molecule has 0 unspecified atom stereocenters. The summed E-state index contributed by atoms with van der Waals surface area (Å²) in [5, 5.41) is 22.9. The van der Waals surface area contributed by atoms with Crippen molar-refractivity contribution in [2.45, 2.75) is 19.2 Å². The Labute approximate surface area is 122 Å². The van der Waals surface area contributed by atoms with Gasteiger partial charge in [0.1, 0.15) is 11.9 Å². The van der Waals surface area contributed by atoms with Crippen molar-refractivity contribution < 1.29 is 14.6 Å². The fourth-order valence-electron chi connectivity index (χ4n) is 2.46. The number of hydrogen-bond acceptors (Lipinski definition) is 5. The summed E-state index contributed by atoms with van der Waals surface area (Å²) in [6, 6.07) is 5.65. The maximum atomic E-state index is 9.63. The average Bonchev–Trinajstić information content (AvgIpc) is 3.14. The Morgan fingerprint density at radius 2 is 2.33 bits per heavy atom. The van der Waals surface area contributed by atoms with Crippen molar-refractivity contribution >= 4 is 6.08 Å². The predicted molar refractivity (Wildman–Crippen MR) is 77.3 cm³/mol. The zero-order chi connectivity index (χ0) is 14.7. The van der Waals surface area contributed by atoms with Crippen LogP contribution < -0.4 is 0 Å². The second-order valence-electron chi connectivity index (χ2n) is 5.13. The summed E-state index contributed by atoms with van der Waals surface area (Å²) in [5.74, 6) is 0.852. The van der Waals surface area contributed by atoms with Gasteiger partial charge in [-0.2, -0.15) is 5.10 Å². The van der Waals surface area contributed by atoms with E-state index in [0.717, 1.165) is 37.6 Å². The Morgan fingerprint density at radius 3 is 3.10 bits per heavy atom. The molecule has 2 N–H and O–H groups in total. The molecule has 112 valence electrons. The molecule has 0 radical (unpaired) electrons. The topological polar surface area (TPSA) is 74.7 Å². The molecule has 1 aliphatic heterocycles. The standard InChI is InChI=1S/C15H19N3O3/c19-11-15(20)14-9-12-10-17(6-7-18(12)16-14)5-1-3-13-4-2-8-21-13/h1-4,8-9,15,19-20H,5-7,10-11H2/b3-1+/t15-/m0/s1. The summed E-state index contributed by atoms with van der Waals surface area (Å²) >= 11 is 0. The molecule has 6 nitrogen and oxygen atoms in total. The van der Waals surface area contributed by atoms with Gasteiger partial charge in [0.25, 0.3) is 0 Å². The van der Waals surface area contributed by atoms with Gasteiger partial charge in [-0.15, -0.1) is 0 Å². The van der Waals surface area contributed by atoms with Crippen LogP contribution in [-0.4, -0.2) is 44.6 Å². The Kier molecular flexibility index (Phi) is 4.19. The SMILES string of the molecule is OC[C@H](O)c1cc2n(n1)CCN(C/C=C/c1ccco1)C2. The van der Waals surface area contributed by atoms with E-state index in [1.165, 1.54) is 0 Å². The Hall–Kier alpha value is -1.89. The van der Waals surface area contributed by atoms with E-state index in [-0.39, 0.29) is 6.61 Å². The lowest BCUT2D eigenvalue weighted by atomic mass is 10.2. The smallest absolute Gasteiger partial charge is 0.126 e. The fourth-order valence-corrected chi connectivity index (χ4v) is 2.46. The van der Waals surface area contributed by atoms with E-state index in [1.54, 1.807) is 6.26 Å². The molecule has 21 heavy (non-hydrogen) atoms. The summed E-state index contributed by atoms with van der Waals surface area (Å²) in [6.07, 6.45) is 4.81. The molecule has 0 saturated heterocycles. The monoisotopic (exact) mass is 289 g/mol. The van der Waals surface area contributed by atoms with Crippen LogP contribution in [0.3, 0.4) is 0 Å². The summed E-state index contributed by atoms with van der Waals surface area (Å²) in [4.78, 5) is 2.30. The highest BCUT2D eigenvalue weighted by atomic mass is 16.3. The molecule has 1 atom stereocenters. The van der Waals surface area contributed by atoms with E-state index in [4.69, 9.17) is 9.52 Å². The van der Waals surface area contributed by atoms with Gasteiger partial charge in [0, 0.05) is 19.6 Å². The summed E-state index contributed by atoms with van der Waals surface area (Å²) in [7, 11) is 0. The van der Waals surface area contributed by atoms with Crippen molar-refractivity contribution in [2.75, 3.05) is 19.7 Å². The zero-order valence-electron chi connectivity index (χ0n) is 11.7. The van der Waals surface area contributed by atoms with Crippen molar-refractivity contribution in [3.05, 3.63) is 47.7 Å². The molecule has 3 rings (SSSR count). The maximum Gasteiger partial charge on any atom is 0.126 e. The third-order valence-electron chi connectivity index (χ3n) is 3.60. The summed E-state index contributed by atoms with van der Waals surface area (Å²) in [5.41, 5.74) is 1.61. The molecule has 0 aliphatic carbocycles. The van der Waals surface area contributed by atoms with Crippen LogP contribution in [0, 0.1) is 0 Å². The molecule has 2 aromatic rings. The fraction of sp³-hybridized carbons (Fsp3) is 0.400. The van der Waals surface area contributed by atoms with Gasteiger partial charge >= 0.3 is 0 Å². The van der Waals surface area contributed by atoms with Crippen LogP contribution in [0.25, 0.3) is 6.08 Å². The first-order chi connectivity index (χ1) is 10.3. The van der Waals surface area contributed by atoms with E-state index in [2.05, 4.69) is 16.1 Å². The Morgan fingerprint density at radius 1 is 1.43 bits per heavy atom. The average molecular weight is 289 g/mol. The third-order valence-corrected chi connectivity index (χ3v) is 3.60. The zero-order valence-corrected chi connectivity index (χ0v) is 11.7. The van der Waals surface area contributed by atoms with Crippen LogP contribution in [-0.2, 0) is 13.1 Å². The molecule has 0 saturated carbocycles. The molecule has 1 aliphatic rings. The summed E-state index contributed by atoms with van der Waals surface area (Å²) in [6.45, 7) is 3.03. The molecule has 0 bridgehead atoms. The molecule has 0 spiro atoms. The largest absolute Gasteiger partial charge is 0.465 e. The molecule has 2 aromatic heterocycles.